The maximum absolute atomic E-state index is 8.66. The van der Waals surface area contributed by atoms with Gasteiger partial charge in [0.05, 0.1) is 10.6 Å². The highest BCUT2D eigenvalue weighted by molar-refractivity contribution is 7.12. The summed E-state index contributed by atoms with van der Waals surface area (Å²) in [6.45, 7) is 16.9. The molecule has 1 heterocycles. The Kier molecular flexibility index (Phi) is 6.96. The van der Waals surface area contributed by atoms with Crippen LogP contribution in [0.5, 0.6) is 0 Å². The smallest absolute Gasteiger partial charge is 0.0793 e. The number of benzene rings is 1. The number of thiophene rings is 1. The van der Waals surface area contributed by atoms with E-state index >= 15 is 0 Å². The standard InChI is InChI=1S/C19H23NS.C2H6/c1-6-14-9-7-8-10-15(14)17(20)18-16(11-12-21-18)19(4,5)13(2)3;1-2/h6-13,20H,1H2,2-5H3;1-2H3. The first-order chi connectivity index (χ1) is 10.9. The van der Waals surface area contributed by atoms with Crippen LogP contribution in [0.1, 0.15) is 63.1 Å². The maximum Gasteiger partial charge on any atom is 0.0793 e. The average molecular weight is 328 g/mol. The highest BCUT2D eigenvalue weighted by Gasteiger charge is 2.29. The van der Waals surface area contributed by atoms with Crippen LogP contribution in [-0.2, 0) is 5.41 Å². The third kappa shape index (κ3) is 4.00. The highest BCUT2D eigenvalue weighted by Crippen LogP contribution is 2.37. The summed E-state index contributed by atoms with van der Waals surface area (Å²) in [6.07, 6.45) is 1.82. The predicted molar refractivity (Wildman–Crippen MR) is 106 cm³/mol. The number of hydrogen-bond donors (Lipinski definition) is 1. The van der Waals surface area contributed by atoms with E-state index in [1.54, 1.807) is 11.3 Å². The molecule has 0 spiro atoms. The molecule has 0 aliphatic rings. The molecule has 2 aromatic rings. The summed E-state index contributed by atoms with van der Waals surface area (Å²) in [7, 11) is 0. The van der Waals surface area contributed by atoms with Gasteiger partial charge >= 0.3 is 0 Å². The Morgan fingerprint density at radius 1 is 1.17 bits per heavy atom. The molecule has 0 saturated carbocycles. The Morgan fingerprint density at radius 3 is 2.35 bits per heavy atom. The summed E-state index contributed by atoms with van der Waals surface area (Å²) in [5, 5.41) is 10.8. The minimum Gasteiger partial charge on any atom is -0.299 e. The Hall–Kier alpha value is -1.67. The predicted octanol–water partition coefficient (Wildman–Crippen LogP) is 6.77. The first-order valence-corrected chi connectivity index (χ1v) is 9.16. The van der Waals surface area contributed by atoms with E-state index in [9.17, 15) is 0 Å². The van der Waals surface area contributed by atoms with E-state index in [2.05, 4.69) is 45.7 Å². The van der Waals surface area contributed by atoms with Crippen molar-refractivity contribution in [3.05, 3.63) is 63.9 Å². The Bertz CT molecular complexity index is 662. The molecule has 0 unspecified atom stereocenters. The molecular weight excluding hydrogens is 298 g/mol. The van der Waals surface area contributed by atoms with Crippen molar-refractivity contribution in [1.82, 2.24) is 0 Å². The molecule has 23 heavy (non-hydrogen) atoms. The zero-order chi connectivity index (χ0) is 17.6. The van der Waals surface area contributed by atoms with E-state index in [4.69, 9.17) is 5.41 Å². The summed E-state index contributed by atoms with van der Waals surface area (Å²) < 4.78 is 0. The third-order valence-electron chi connectivity index (χ3n) is 4.48. The van der Waals surface area contributed by atoms with E-state index in [0.29, 0.717) is 11.6 Å². The van der Waals surface area contributed by atoms with Crippen molar-refractivity contribution in [3.63, 3.8) is 0 Å². The second-order valence-corrected chi connectivity index (χ2v) is 7.12. The molecule has 124 valence electrons. The quantitative estimate of drug-likeness (QED) is 0.586. The second kappa shape index (κ2) is 8.26. The van der Waals surface area contributed by atoms with E-state index < -0.39 is 0 Å². The summed E-state index contributed by atoms with van der Waals surface area (Å²) >= 11 is 1.66. The summed E-state index contributed by atoms with van der Waals surface area (Å²) in [4.78, 5) is 1.07. The minimum atomic E-state index is 0.0603. The molecule has 1 aromatic heterocycles. The van der Waals surface area contributed by atoms with E-state index in [1.807, 2.05) is 44.2 Å². The van der Waals surface area contributed by atoms with Gasteiger partial charge < -0.3 is 0 Å². The van der Waals surface area contributed by atoms with Crippen molar-refractivity contribution in [1.29, 1.82) is 5.41 Å². The van der Waals surface area contributed by atoms with Crippen LogP contribution in [0, 0.1) is 11.3 Å². The van der Waals surface area contributed by atoms with Gasteiger partial charge in [0.15, 0.2) is 0 Å². The Labute approximate surface area is 145 Å². The zero-order valence-corrected chi connectivity index (χ0v) is 16.1. The Balaban J connectivity index is 0.00000127. The average Bonchev–Trinajstić information content (AvgIpc) is 3.06. The molecule has 0 atom stereocenters. The van der Waals surface area contributed by atoms with Crippen LogP contribution in [-0.4, -0.2) is 5.71 Å². The second-order valence-electron chi connectivity index (χ2n) is 6.21. The third-order valence-corrected chi connectivity index (χ3v) is 5.41. The van der Waals surface area contributed by atoms with Crippen LogP contribution >= 0.6 is 11.3 Å². The van der Waals surface area contributed by atoms with Gasteiger partial charge in [-0.05, 0) is 33.9 Å². The first-order valence-electron chi connectivity index (χ1n) is 8.28. The van der Waals surface area contributed by atoms with Gasteiger partial charge in [0.1, 0.15) is 0 Å². The van der Waals surface area contributed by atoms with Crippen molar-refractivity contribution in [2.24, 2.45) is 5.92 Å². The van der Waals surface area contributed by atoms with Crippen LogP contribution in [0.25, 0.3) is 6.08 Å². The number of rotatable bonds is 5. The lowest BCUT2D eigenvalue weighted by Gasteiger charge is -2.30. The van der Waals surface area contributed by atoms with Gasteiger partial charge in [-0.1, -0.05) is 78.5 Å². The zero-order valence-electron chi connectivity index (χ0n) is 15.2. The summed E-state index contributed by atoms with van der Waals surface area (Å²) in [5.41, 5.74) is 3.90. The largest absolute Gasteiger partial charge is 0.299 e. The molecule has 2 heteroatoms. The molecule has 0 aliphatic carbocycles. The molecule has 1 nitrogen and oxygen atoms in total. The fourth-order valence-corrected chi connectivity index (χ4v) is 3.37. The van der Waals surface area contributed by atoms with E-state index in [-0.39, 0.29) is 5.41 Å². The van der Waals surface area contributed by atoms with Crippen molar-refractivity contribution < 1.29 is 0 Å². The minimum absolute atomic E-state index is 0.0603. The fraction of sp³-hybridized carbons (Fsp3) is 0.381. The maximum atomic E-state index is 8.66. The summed E-state index contributed by atoms with van der Waals surface area (Å²) in [6, 6.07) is 10.2. The van der Waals surface area contributed by atoms with Gasteiger partial charge in [-0.3, -0.25) is 5.41 Å². The SMILES string of the molecule is C=Cc1ccccc1C(=N)c1sccc1C(C)(C)C(C)C.CC. The van der Waals surface area contributed by atoms with Crippen LogP contribution in [0.15, 0.2) is 42.3 Å². The van der Waals surface area contributed by atoms with Gasteiger partial charge in [0.2, 0.25) is 0 Å². The van der Waals surface area contributed by atoms with E-state index in [1.165, 1.54) is 5.56 Å². The van der Waals surface area contributed by atoms with E-state index in [0.717, 1.165) is 16.0 Å². The van der Waals surface area contributed by atoms with Crippen LogP contribution < -0.4 is 0 Å². The monoisotopic (exact) mass is 327 g/mol. The molecular formula is C21H29NS. The Morgan fingerprint density at radius 2 is 1.78 bits per heavy atom. The first kappa shape index (κ1) is 19.4. The molecule has 0 bridgehead atoms. The molecule has 0 amide bonds. The lowest BCUT2D eigenvalue weighted by molar-refractivity contribution is 0.373. The van der Waals surface area contributed by atoms with Gasteiger partial charge in [0.25, 0.3) is 0 Å². The fourth-order valence-electron chi connectivity index (χ4n) is 2.35. The van der Waals surface area contributed by atoms with Crippen LogP contribution in [0.4, 0.5) is 0 Å². The van der Waals surface area contributed by atoms with Crippen LogP contribution in [0.2, 0.25) is 0 Å². The van der Waals surface area contributed by atoms with Crippen molar-refractivity contribution in [2.75, 3.05) is 0 Å². The molecule has 0 fully saturated rings. The normalized spacial score (nSPS) is 10.9. The number of nitrogens with one attached hydrogen (secondary N) is 1. The summed E-state index contributed by atoms with van der Waals surface area (Å²) in [5.74, 6) is 0.522. The molecule has 0 saturated heterocycles. The number of hydrogen-bond acceptors (Lipinski definition) is 2. The van der Waals surface area contributed by atoms with Gasteiger partial charge in [0, 0.05) is 5.56 Å². The van der Waals surface area contributed by atoms with Gasteiger partial charge in [-0.2, -0.15) is 0 Å². The van der Waals surface area contributed by atoms with Crippen molar-refractivity contribution in [3.8, 4) is 0 Å². The molecule has 0 radical (unpaired) electrons. The molecule has 1 N–H and O–H groups in total. The molecule has 1 aromatic carbocycles. The lowest BCUT2D eigenvalue weighted by Crippen LogP contribution is -2.26. The van der Waals surface area contributed by atoms with Crippen LogP contribution in [0.3, 0.4) is 0 Å². The van der Waals surface area contributed by atoms with Crippen molar-refractivity contribution >= 4 is 23.1 Å². The highest BCUT2D eigenvalue weighted by atomic mass is 32.1. The molecule has 2 rings (SSSR count). The topological polar surface area (TPSA) is 23.9 Å². The molecule has 0 aliphatic heterocycles. The van der Waals surface area contributed by atoms with Gasteiger partial charge in [-0.25, -0.2) is 0 Å². The van der Waals surface area contributed by atoms with Gasteiger partial charge in [-0.15, -0.1) is 11.3 Å². The lowest BCUT2D eigenvalue weighted by atomic mass is 9.74. The van der Waals surface area contributed by atoms with Crippen molar-refractivity contribution in [2.45, 2.75) is 47.0 Å².